The third-order valence-corrected chi connectivity index (χ3v) is 4.31. The van der Waals surface area contributed by atoms with Crippen LogP contribution in [0.2, 0.25) is 0 Å². The van der Waals surface area contributed by atoms with Gasteiger partial charge in [0.1, 0.15) is 10.3 Å². The molecule has 0 spiro atoms. The van der Waals surface area contributed by atoms with Gasteiger partial charge in [-0.25, -0.2) is 13.4 Å². The standard InChI is InChI=1S/C10H10BrN3O3S/c1-6-10(7(2)17-13-6)18(15,16)14-8-3-4-9(11)12-5-8/h3-5,14H,1-2H3. The first kappa shape index (κ1) is 13.0. The highest BCUT2D eigenvalue weighted by atomic mass is 79.9. The van der Waals surface area contributed by atoms with Crippen molar-refractivity contribution in [1.29, 1.82) is 0 Å². The third-order valence-electron chi connectivity index (χ3n) is 2.22. The summed E-state index contributed by atoms with van der Waals surface area (Å²) in [5.74, 6) is 0.255. The van der Waals surface area contributed by atoms with Gasteiger partial charge in [0.2, 0.25) is 0 Å². The molecule has 0 aliphatic rings. The van der Waals surface area contributed by atoms with E-state index in [1.54, 1.807) is 26.0 Å². The molecule has 6 nitrogen and oxygen atoms in total. The summed E-state index contributed by atoms with van der Waals surface area (Å²) >= 11 is 3.17. The Morgan fingerprint density at radius 2 is 2.06 bits per heavy atom. The first-order valence-electron chi connectivity index (χ1n) is 4.97. The molecule has 2 heterocycles. The molecule has 1 N–H and O–H groups in total. The van der Waals surface area contributed by atoms with Crippen molar-refractivity contribution in [3.63, 3.8) is 0 Å². The maximum atomic E-state index is 12.1. The molecule has 0 amide bonds. The lowest BCUT2D eigenvalue weighted by atomic mass is 10.4. The number of nitrogens with one attached hydrogen (secondary N) is 1. The molecule has 18 heavy (non-hydrogen) atoms. The molecular formula is C10H10BrN3O3S. The number of aromatic nitrogens is 2. The quantitative estimate of drug-likeness (QED) is 0.872. The second-order valence-corrected chi connectivity index (χ2v) is 6.06. The number of halogens is 1. The van der Waals surface area contributed by atoms with Crippen LogP contribution in [0.4, 0.5) is 5.69 Å². The lowest BCUT2D eigenvalue weighted by Gasteiger charge is -2.06. The van der Waals surface area contributed by atoms with E-state index in [1.165, 1.54) is 6.20 Å². The summed E-state index contributed by atoms with van der Waals surface area (Å²) in [6, 6.07) is 3.25. The van der Waals surface area contributed by atoms with Gasteiger partial charge < -0.3 is 4.52 Å². The molecule has 2 aromatic heterocycles. The predicted molar refractivity (Wildman–Crippen MR) is 68.7 cm³/mol. The van der Waals surface area contributed by atoms with Crippen LogP contribution in [0.25, 0.3) is 0 Å². The highest BCUT2D eigenvalue weighted by Gasteiger charge is 2.24. The van der Waals surface area contributed by atoms with Gasteiger partial charge in [0, 0.05) is 0 Å². The van der Waals surface area contributed by atoms with Crippen LogP contribution in [0.3, 0.4) is 0 Å². The zero-order chi connectivity index (χ0) is 13.3. The van der Waals surface area contributed by atoms with Gasteiger partial charge >= 0.3 is 0 Å². The van der Waals surface area contributed by atoms with Crippen LogP contribution < -0.4 is 4.72 Å². The molecule has 2 rings (SSSR count). The van der Waals surface area contributed by atoms with Gasteiger partial charge in [-0.05, 0) is 41.9 Å². The Kier molecular flexibility index (Phi) is 3.40. The molecule has 0 aromatic carbocycles. The molecule has 0 radical (unpaired) electrons. The van der Waals surface area contributed by atoms with Crippen LogP contribution in [0.1, 0.15) is 11.5 Å². The Morgan fingerprint density at radius 1 is 1.33 bits per heavy atom. The van der Waals surface area contributed by atoms with Crippen molar-refractivity contribution >= 4 is 31.6 Å². The van der Waals surface area contributed by atoms with Crippen LogP contribution in [0.5, 0.6) is 0 Å². The normalized spacial score (nSPS) is 11.5. The third kappa shape index (κ3) is 2.54. The minimum atomic E-state index is -3.71. The van der Waals surface area contributed by atoms with Crippen LogP contribution in [0.15, 0.2) is 32.4 Å². The van der Waals surface area contributed by atoms with Crippen LogP contribution in [-0.4, -0.2) is 18.6 Å². The second-order valence-electron chi connectivity index (χ2n) is 3.63. The van der Waals surface area contributed by atoms with E-state index in [0.717, 1.165) is 0 Å². The SMILES string of the molecule is Cc1noc(C)c1S(=O)(=O)Nc1ccc(Br)nc1. The maximum absolute atomic E-state index is 12.1. The lowest BCUT2D eigenvalue weighted by Crippen LogP contribution is -2.14. The number of hydrogen-bond donors (Lipinski definition) is 1. The van der Waals surface area contributed by atoms with E-state index >= 15 is 0 Å². The van der Waals surface area contributed by atoms with Gasteiger partial charge in [0.25, 0.3) is 10.0 Å². The number of rotatable bonds is 3. The minimum absolute atomic E-state index is 0.0606. The Hall–Kier alpha value is -1.41. The Balaban J connectivity index is 2.36. The Bertz CT molecular complexity index is 645. The monoisotopic (exact) mass is 331 g/mol. The molecule has 0 saturated carbocycles. The molecule has 96 valence electrons. The summed E-state index contributed by atoms with van der Waals surface area (Å²) in [5.41, 5.74) is 0.697. The molecule has 0 saturated heterocycles. The fourth-order valence-electron chi connectivity index (χ4n) is 1.50. The topological polar surface area (TPSA) is 85.1 Å². The van der Waals surface area contributed by atoms with Crippen molar-refractivity contribution in [3.05, 3.63) is 34.4 Å². The average molecular weight is 332 g/mol. The van der Waals surface area contributed by atoms with Gasteiger partial charge in [-0.1, -0.05) is 5.16 Å². The highest BCUT2D eigenvalue weighted by Crippen LogP contribution is 2.22. The van der Waals surface area contributed by atoms with E-state index in [0.29, 0.717) is 16.0 Å². The van der Waals surface area contributed by atoms with Gasteiger partial charge in [0.15, 0.2) is 10.7 Å². The van der Waals surface area contributed by atoms with Crippen molar-refractivity contribution in [3.8, 4) is 0 Å². The van der Waals surface area contributed by atoms with E-state index < -0.39 is 10.0 Å². The number of anilines is 1. The molecule has 0 aliphatic carbocycles. The summed E-state index contributed by atoms with van der Waals surface area (Å²) in [5, 5.41) is 3.62. The Morgan fingerprint density at radius 3 is 2.56 bits per heavy atom. The zero-order valence-electron chi connectivity index (χ0n) is 9.64. The average Bonchev–Trinajstić information content (AvgIpc) is 2.62. The van der Waals surface area contributed by atoms with Crippen LogP contribution in [-0.2, 0) is 10.0 Å². The summed E-state index contributed by atoms with van der Waals surface area (Å²) in [6.45, 7) is 3.12. The minimum Gasteiger partial charge on any atom is -0.360 e. The van der Waals surface area contributed by atoms with Crippen molar-refractivity contribution < 1.29 is 12.9 Å². The van der Waals surface area contributed by atoms with E-state index in [2.05, 4.69) is 30.8 Å². The molecule has 0 unspecified atom stereocenters. The molecule has 0 fully saturated rings. The summed E-state index contributed by atoms with van der Waals surface area (Å²) < 4.78 is 32.2. The maximum Gasteiger partial charge on any atom is 0.267 e. The van der Waals surface area contributed by atoms with E-state index in [4.69, 9.17) is 4.52 Å². The fraction of sp³-hybridized carbons (Fsp3) is 0.200. The lowest BCUT2D eigenvalue weighted by molar-refractivity contribution is 0.390. The van der Waals surface area contributed by atoms with Gasteiger partial charge in [-0.15, -0.1) is 0 Å². The van der Waals surface area contributed by atoms with Crippen molar-refractivity contribution in [2.75, 3.05) is 4.72 Å². The van der Waals surface area contributed by atoms with Crippen molar-refractivity contribution in [2.45, 2.75) is 18.7 Å². The molecule has 2 aromatic rings. The number of hydrogen-bond acceptors (Lipinski definition) is 5. The van der Waals surface area contributed by atoms with Crippen molar-refractivity contribution in [1.82, 2.24) is 10.1 Å². The molecule has 8 heteroatoms. The first-order chi connectivity index (χ1) is 8.40. The van der Waals surface area contributed by atoms with Gasteiger partial charge in [-0.2, -0.15) is 0 Å². The summed E-state index contributed by atoms with van der Waals surface area (Å²) in [6.07, 6.45) is 1.42. The number of aryl methyl sites for hydroxylation is 2. The summed E-state index contributed by atoms with van der Waals surface area (Å²) in [4.78, 5) is 4.00. The second kappa shape index (κ2) is 4.69. The largest absolute Gasteiger partial charge is 0.360 e. The van der Waals surface area contributed by atoms with E-state index in [1.807, 2.05) is 0 Å². The smallest absolute Gasteiger partial charge is 0.267 e. The number of pyridine rings is 1. The fourth-order valence-corrected chi connectivity index (χ4v) is 3.11. The summed E-state index contributed by atoms with van der Waals surface area (Å²) in [7, 11) is -3.71. The predicted octanol–water partition coefficient (Wildman–Crippen LogP) is 2.25. The Labute approximate surface area is 113 Å². The molecule has 0 atom stereocenters. The number of nitrogens with zero attached hydrogens (tertiary/aromatic N) is 2. The van der Waals surface area contributed by atoms with Crippen molar-refractivity contribution in [2.24, 2.45) is 0 Å². The molecular weight excluding hydrogens is 322 g/mol. The highest BCUT2D eigenvalue weighted by molar-refractivity contribution is 9.10. The molecule has 0 aliphatic heterocycles. The van der Waals surface area contributed by atoms with E-state index in [9.17, 15) is 8.42 Å². The first-order valence-corrected chi connectivity index (χ1v) is 7.25. The number of sulfonamides is 1. The van der Waals surface area contributed by atoms with Crippen LogP contribution in [0, 0.1) is 13.8 Å². The van der Waals surface area contributed by atoms with Gasteiger partial charge in [-0.3, -0.25) is 4.72 Å². The van der Waals surface area contributed by atoms with Crippen LogP contribution >= 0.6 is 15.9 Å². The van der Waals surface area contributed by atoms with E-state index in [-0.39, 0.29) is 10.7 Å². The molecule has 0 bridgehead atoms. The zero-order valence-corrected chi connectivity index (χ0v) is 12.0. The van der Waals surface area contributed by atoms with Gasteiger partial charge in [0.05, 0.1) is 11.9 Å².